The van der Waals surface area contributed by atoms with Crippen molar-refractivity contribution in [2.24, 2.45) is 0 Å². The van der Waals surface area contributed by atoms with Crippen LogP contribution in [-0.2, 0) is 31.3 Å². The summed E-state index contributed by atoms with van der Waals surface area (Å²) in [7, 11) is 3.38. The lowest BCUT2D eigenvalue weighted by Gasteiger charge is -2.37. The average Bonchev–Trinajstić information content (AvgIpc) is 3.96. The summed E-state index contributed by atoms with van der Waals surface area (Å²) in [5, 5.41) is 10.6. The van der Waals surface area contributed by atoms with Crippen LogP contribution in [0.2, 0.25) is 0 Å². The molecule has 53 heavy (non-hydrogen) atoms. The Bertz CT molecular complexity index is 2300. The van der Waals surface area contributed by atoms with Gasteiger partial charge in [-0.2, -0.15) is 0 Å². The maximum Gasteiger partial charge on any atom is 0.137 e. The molecule has 0 aliphatic heterocycles. The molecule has 0 amide bonds. The molecule has 1 N–H and O–H groups in total. The van der Waals surface area contributed by atoms with Crippen molar-refractivity contribution in [1.82, 2.24) is 29.3 Å². The van der Waals surface area contributed by atoms with E-state index in [-0.39, 0.29) is 0 Å². The number of rotatable bonds is 14. The zero-order chi connectivity index (χ0) is 36.0. The highest BCUT2D eigenvalue weighted by atomic mass is 16.5. The second kappa shape index (κ2) is 15.1. The summed E-state index contributed by atoms with van der Waals surface area (Å²) < 4.78 is 15.5. The van der Waals surface area contributed by atoms with Gasteiger partial charge in [0.05, 0.1) is 26.2 Å². The molecule has 8 aromatic rings. The Morgan fingerprint density at radius 1 is 0.660 bits per heavy atom. The number of hydrogen-bond donors (Lipinski definition) is 1. The highest BCUT2D eigenvalue weighted by Gasteiger charge is 2.38. The van der Waals surface area contributed by atoms with Crippen molar-refractivity contribution in [3.05, 3.63) is 197 Å². The predicted molar refractivity (Wildman–Crippen MR) is 209 cm³/mol. The molecule has 3 aromatic heterocycles. The fraction of sp³-hybridized carbons (Fsp3) is 0.178. The third-order valence-corrected chi connectivity index (χ3v) is 10.2. The fourth-order valence-electron chi connectivity index (χ4n) is 7.50. The molecule has 5 aromatic carbocycles. The number of aromatic nitrogens is 6. The average molecular weight is 699 g/mol. The molecule has 0 bridgehead atoms. The topological polar surface area (TPSA) is 82.8 Å². The Labute approximate surface area is 309 Å². The summed E-state index contributed by atoms with van der Waals surface area (Å²) in [4.78, 5) is 8.43. The quantitative estimate of drug-likeness (QED) is 0.115. The first kappa shape index (κ1) is 33.7. The first-order valence-corrected chi connectivity index (χ1v) is 18.0. The standard InChI is InChI=1S/C45H42N6O2/c1-52-39-22-20-33(21-23-39)27-43-48-49-44(28-34-30-46-42-25-24-40(53-2)29-41(34)42)51(43)26-12-19-38-31-50(32-47-38)45(35-13-6-3-7-14-35,36-15-8-4-9-16-36)37-17-10-5-11-18-37/h3-11,13-18,20-25,29-32,46H,12,19,26-28H2,1-2H3. The van der Waals surface area contributed by atoms with E-state index in [9.17, 15) is 0 Å². The smallest absolute Gasteiger partial charge is 0.137 e. The third kappa shape index (κ3) is 6.71. The van der Waals surface area contributed by atoms with E-state index in [1.165, 1.54) is 16.7 Å². The monoisotopic (exact) mass is 698 g/mol. The third-order valence-electron chi connectivity index (χ3n) is 10.2. The number of nitrogens with one attached hydrogen (secondary N) is 1. The summed E-state index contributed by atoms with van der Waals surface area (Å²) in [6, 6.07) is 46.4. The van der Waals surface area contributed by atoms with Crippen molar-refractivity contribution >= 4 is 10.9 Å². The van der Waals surface area contributed by atoms with Crippen LogP contribution in [0, 0.1) is 0 Å². The van der Waals surface area contributed by atoms with Gasteiger partial charge in [0.25, 0.3) is 0 Å². The van der Waals surface area contributed by atoms with Crippen molar-refractivity contribution in [3.63, 3.8) is 0 Å². The number of ether oxygens (including phenoxy) is 2. The fourth-order valence-corrected chi connectivity index (χ4v) is 7.50. The molecule has 8 rings (SSSR count). The second-order valence-corrected chi connectivity index (χ2v) is 13.3. The van der Waals surface area contributed by atoms with Gasteiger partial charge >= 0.3 is 0 Å². The highest BCUT2D eigenvalue weighted by molar-refractivity contribution is 5.84. The molecule has 8 heteroatoms. The van der Waals surface area contributed by atoms with Gasteiger partial charge in [0.1, 0.15) is 28.7 Å². The molecule has 0 spiro atoms. The van der Waals surface area contributed by atoms with Crippen LogP contribution >= 0.6 is 0 Å². The molecule has 0 saturated heterocycles. The van der Waals surface area contributed by atoms with E-state index in [2.05, 4.69) is 142 Å². The minimum absolute atomic E-state index is 0.593. The number of imidazole rings is 1. The van der Waals surface area contributed by atoms with Crippen LogP contribution in [0.15, 0.2) is 152 Å². The predicted octanol–water partition coefficient (Wildman–Crippen LogP) is 8.63. The molecule has 0 saturated carbocycles. The van der Waals surface area contributed by atoms with E-state index >= 15 is 0 Å². The van der Waals surface area contributed by atoms with Gasteiger partial charge < -0.3 is 23.6 Å². The number of fused-ring (bicyclic) bond motifs is 1. The van der Waals surface area contributed by atoms with Gasteiger partial charge in [-0.3, -0.25) is 0 Å². The first-order chi connectivity index (χ1) is 26.1. The van der Waals surface area contributed by atoms with Gasteiger partial charge in [0.2, 0.25) is 0 Å². The van der Waals surface area contributed by atoms with Crippen LogP contribution in [0.1, 0.15) is 51.6 Å². The van der Waals surface area contributed by atoms with E-state index in [0.29, 0.717) is 12.8 Å². The Morgan fingerprint density at radius 2 is 1.25 bits per heavy atom. The normalized spacial score (nSPS) is 11.6. The van der Waals surface area contributed by atoms with Gasteiger partial charge in [0, 0.05) is 42.7 Å². The van der Waals surface area contributed by atoms with E-state index in [1.807, 2.05) is 24.5 Å². The molecule has 0 atom stereocenters. The van der Waals surface area contributed by atoms with Crippen LogP contribution in [0.25, 0.3) is 10.9 Å². The van der Waals surface area contributed by atoms with Gasteiger partial charge in [-0.25, -0.2) is 4.98 Å². The van der Waals surface area contributed by atoms with Crippen LogP contribution in [0.3, 0.4) is 0 Å². The Morgan fingerprint density at radius 3 is 1.85 bits per heavy atom. The van der Waals surface area contributed by atoms with Gasteiger partial charge in [0.15, 0.2) is 0 Å². The van der Waals surface area contributed by atoms with Crippen LogP contribution < -0.4 is 9.47 Å². The molecular formula is C45H42N6O2. The zero-order valence-corrected chi connectivity index (χ0v) is 30.0. The largest absolute Gasteiger partial charge is 0.497 e. The maximum absolute atomic E-state index is 5.54. The van der Waals surface area contributed by atoms with E-state index < -0.39 is 5.54 Å². The first-order valence-electron chi connectivity index (χ1n) is 18.0. The zero-order valence-electron chi connectivity index (χ0n) is 30.0. The SMILES string of the molecule is COc1ccc(Cc2nnc(Cc3c[nH]c4ccc(OC)cc34)n2CCCc2cn(C(c3ccccc3)(c3ccccc3)c3ccccc3)cn2)cc1. The summed E-state index contributed by atoms with van der Waals surface area (Å²) in [6.07, 6.45) is 9.26. The van der Waals surface area contributed by atoms with Crippen molar-refractivity contribution in [1.29, 1.82) is 0 Å². The minimum Gasteiger partial charge on any atom is -0.497 e. The number of benzene rings is 5. The Balaban J connectivity index is 1.10. The van der Waals surface area contributed by atoms with Crippen molar-refractivity contribution in [3.8, 4) is 11.5 Å². The maximum atomic E-state index is 5.54. The summed E-state index contributed by atoms with van der Waals surface area (Å²) >= 11 is 0. The van der Waals surface area contributed by atoms with Crippen LogP contribution in [0.4, 0.5) is 0 Å². The van der Waals surface area contributed by atoms with Gasteiger partial charge in [-0.1, -0.05) is 103 Å². The number of aromatic amines is 1. The van der Waals surface area contributed by atoms with Crippen molar-refractivity contribution in [2.45, 2.75) is 37.8 Å². The Hall–Kier alpha value is -6.41. The molecule has 0 radical (unpaired) electrons. The van der Waals surface area contributed by atoms with E-state index in [4.69, 9.17) is 24.7 Å². The number of aryl methyl sites for hydroxylation is 1. The number of methoxy groups -OCH3 is 2. The molecule has 0 aliphatic rings. The minimum atomic E-state index is -0.593. The van der Waals surface area contributed by atoms with E-state index in [0.717, 1.165) is 70.3 Å². The number of H-pyrrole nitrogens is 1. The lowest BCUT2D eigenvalue weighted by Crippen LogP contribution is -2.36. The van der Waals surface area contributed by atoms with Crippen molar-refractivity contribution < 1.29 is 9.47 Å². The Kier molecular flexibility index (Phi) is 9.58. The second-order valence-electron chi connectivity index (χ2n) is 13.3. The lowest BCUT2D eigenvalue weighted by molar-refractivity contribution is 0.414. The molecule has 0 unspecified atom stereocenters. The number of nitrogens with zero attached hydrogens (tertiary/aromatic N) is 5. The summed E-state index contributed by atoms with van der Waals surface area (Å²) in [6.45, 7) is 0.757. The van der Waals surface area contributed by atoms with Crippen molar-refractivity contribution in [2.75, 3.05) is 14.2 Å². The highest BCUT2D eigenvalue weighted by Crippen LogP contribution is 2.41. The van der Waals surface area contributed by atoms with Gasteiger partial charge in [-0.05, 0) is 71.0 Å². The van der Waals surface area contributed by atoms with E-state index in [1.54, 1.807) is 14.2 Å². The summed E-state index contributed by atoms with van der Waals surface area (Å²) in [5.41, 5.74) is 7.34. The molecule has 264 valence electrons. The van der Waals surface area contributed by atoms with Crippen LogP contribution in [0.5, 0.6) is 11.5 Å². The lowest BCUT2D eigenvalue weighted by atomic mass is 9.77. The summed E-state index contributed by atoms with van der Waals surface area (Å²) in [5.74, 6) is 3.53. The molecule has 0 aliphatic carbocycles. The molecule has 8 nitrogen and oxygen atoms in total. The van der Waals surface area contributed by atoms with Crippen LogP contribution in [-0.4, -0.2) is 43.5 Å². The molecule has 3 heterocycles. The van der Waals surface area contributed by atoms with Gasteiger partial charge in [-0.15, -0.1) is 10.2 Å². The molecular weight excluding hydrogens is 657 g/mol. The molecule has 0 fully saturated rings. The number of hydrogen-bond acceptors (Lipinski definition) is 5.